The van der Waals surface area contributed by atoms with Crippen molar-refractivity contribution in [3.05, 3.63) is 35.4 Å². The second-order valence-electron chi connectivity index (χ2n) is 5.54. The van der Waals surface area contributed by atoms with Crippen LogP contribution in [0.15, 0.2) is 24.3 Å². The third-order valence-corrected chi connectivity index (χ3v) is 4.22. The summed E-state index contributed by atoms with van der Waals surface area (Å²) in [5, 5.41) is 11.7. The third kappa shape index (κ3) is 3.17. The van der Waals surface area contributed by atoms with E-state index >= 15 is 0 Å². The first-order valence-electron chi connectivity index (χ1n) is 7.18. The molecular formula is C16H21N3O. The molecule has 2 rings (SSSR count). The number of carbonyl (C=O) groups is 1. The van der Waals surface area contributed by atoms with E-state index in [9.17, 15) is 4.79 Å². The Kier molecular flexibility index (Phi) is 4.75. The number of nitrogens with two attached hydrogens (primary N) is 1. The van der Waals surface area contributed by atoms with Gasteiger partial charge >= 0.3 is 0 Å². The van der Waals surface area contributed by atoms with E-state index in [4.69, 9.17) is 11.0 Å². The molecule has 0 unspecified atom stereocenters. The Hall–Kier alpha value is -1.86. The summed E-state index contributed by atoms with van der Waals surface area (Å²) < 4.78 is 0. The van der Waals surface area contributed by atoms with Gasteiger partial charge < -0.3 is 11.1 Å². The summed E-state index contributed by atoms with van der Waals surface area (Å²) in [5.41, 5.74) is 7.11. The number of hydrogen-bond acceptors (Lipinski definition) is 3. The van der Waals surface area contributed by atoms with Crippen molar-refractivity contribution in [2.75, 3.05) is 6.54 Å². The van der Waals surface area contributed by atoms with Gasteiger partial charge in [0, 0.05) is 13.1 Å². The van der Waals surface area contributed by atoms with Crippen molar-refractivity contribution >= 4 is 5.91 Å². The largest absolute Gasteiger partial charge is 0.352 e. The second kappa shape index (κ2) is 6.53. The van der Waals surface area contributed by atoms with Gasteiger partial charge in [-0.3, -0.25) is 4.79 Å². The Balaban J connectivity index is 1.95. The quantitative estimate of drug-likeness (QED) is 0.880. The number of nitriles is 1. The molecule has 1 aromatic carbocycles. The van der Waals surface area contributed by atoms with Crippen LogP contribution in [0.5, 0.6) is 0 Å². The van der Waals surface area contributed by atoms with Gasteiger partial charge in [0.15, 0.2) is 0 Å². The van der Waals surface area contributed by atoms with Gasteiger partial charge in [-0.15, -0.1) is 0 Å². The Labute approximate surface area is 120 Å². The molecule has 0 atom stereocenters. The standard InChI is InChI=1S/C16H21N3O/c17-10-13-4-6-14(7-5-13)11-19-15(20)16(12-18)8-2-1-3-9-16/h4-7H,1-3,8-9,11-12,18H2,(H,19,20). The van der Waals surface area contributed by atoms with E-state index in [1.54, 1.807) is 12.1 Å². The van der Waals surface area contributed by atoms with Gasteiger partial charge in [-0.2, -0.15) is 5.26 Å². The summed E-state index contributed by atoms with van der Waals surface area (Å²) >= 11 is 0. The average Bonchev–Trinajstić information content (AvgIpc) is 2.53. The van der Waals surface area contributed by atoms with Crippen molar-refractivity contribution in [2.45, 2.75) is 38.6 Å². The SMILES string of the molecule is N#Cc1ccc(CNC(=O)C2(CN)CCCCC2)cc1. The zero-order valence-corrected chi connectivity index (χ0v) is 11.7. The van der Waals surface area contributed by atoms with Crippen LogP contribution in [0.2, 0.25) is 0 Å². The molecule has 3 N–H and O–H groups in total. The number of nitrogens with one attached hydrogen (secondary N) is 1. The van der Waals surface area contributed by atoms with Crippen molar-refractivity contribution in [2.24, 2.45) is 11.1 Å². The van der Waals surface area contributed by atoms with Gasteiger partial charge in [0.2, 0.25) is 5.91 Å². The smallest absolute Gasteiger partial charge is 0.227 e. The summed E-state index contributed by atoms with van der Waals surface area (Å²) in [6.45, 7) is 0.915. The van der Waals surface area contributed by atoms with Crippen LogP contribution in [-0.4, -0.2) is 12.5 Å². The van der Waals surface area contributed by atoms with E-state index in [0.717, 1.165) is 31.2 Å². The van der Waals surface area contributed by atoms with Gasteiger partial charge in [-0.25, -0.2) is 0 Å². The highest BCUT2D eigenvalue weighted by atomic mass is 16.2. The molecule has 4 heteroatoms. The van der Waals surface area contributed by atoms with Gasteiger partial charge in [0.05, 0.1) is 17.0 Å². The maximum Gasteiger partial charge on any atom is 0.227 e. The maximum atomic E-state index is 12.4. The van der Waals surface area contributed by atoms with Crippen LogP contribution in [0, 0.1) is 16.7 Å². The first-order chi connectivity index (χ1) is 9.70. The molecule has 1 aliphatic rings. The van der Waals surface area contributed by atoms with Crippen molar-refractivity contribution in [3.8, 4) is 6.07 Å². The van der Waals surface area contributed by atoms with Crippen molar-refractivity contribution < 1.29 is 4.79 Å². The predicted octanol–water partition coefficient (Wildman–Crippen LogP) is 2.08. The minimum Gasteiger partial charge on any atom is -0.352 e. The lowest BCUT2D eigenvalue weighted by Crippen LogP contribution is -2.46. The molecule has 0 heterocycles. The van der Waals surface area contributed by atoms with E-state index in [-0.39, 0.29) is 11.3 Å². The van der Waals surface area contributed by atoms with E-state index in [2.05, 4.69) is 11.4 Å². The van der Waals surface area contributed by atoms with E-state index in [0.29, 0.717) is 18.7 Å². The van der Waals surface area contributed by atoms with E-state index in [1.165, 1.54) is 6.42 Å². The zero-order chi connectivity index (χ0) is 14.4. The summed E-state index contributed by atoms with van der Waals surface area (Å²) in [5.74, 6) is 0.0732. The summed E-state index contributed by atoms with van der Waals surface area (Å²) in [7, 11) is 0. The molecule has 0 aliphatic heterocycles. The molecule has 0 spiro atoms. The number of amides is 1. The van der Waals surface area contributed by atoms with Gasteiger partial charge in [0.1, 0.15) is 0 Å². The van der Waals surface area contributed by atoms with Gasteiger partial charge in [-0.05, 0) is 30.5 Å². The van der Waals surface area contributed by atoms with Crippen LogP contribution in [0.3, 0.4) is 0 Å². The van der Waals surface area contributed by atoms with Crippen molar-refractivity contribution in [3.63, 3.8) is 0 Å². The highest BCUT2D eigenvalue weighted by molar-refractivity contribution is 5.83. The summed E-state index contributed by atoms with van der Waals surface area (Å²) in [6.07, 6.45) is 5.15. The number of rotatable bonds is 4. The minimum atomic E-state index is -0.370. The summed E-state index contributed by atoms with van der Waals surface area (Å²) in [4.78, 5) is 12.4. The second-order valence-corrected chi connectivity index (χ2v) is 5.54. The fourth-order valence-corrected chi connectivity index (χ4v) is 2.82. The molecule has 1 amide bonds. The highest BCUT2D eigenvalue weighted by Gasteiger charge is 2.37. The first kappa shape index (κ1) is 14.5. The van der Waals surface area contributed by atoms with E-state index in [1.807, 2.05) is 12.1 Å². The van der Waals surface area contributed by atoms with Crippen molar-refractivity contribution in [1.29, 1.82) is 5.26 Å². The Morgan fingerprint density at radius 1 is 1.25 bits per heavy atom. The molecule has 106 valence electrons. The minimum absolute atomic E-state index is 0.0732. The van der Waals surface area contributed by atoms with Gasteiger partial charge in [0.25, 0.3) is 0 Å². The zero-order valence-electron chi connectivity index (χ0n) is 11.7. The van der Waals surface area contributed by atoms with Crippen LogP contribution >= 0.6 is 0 Å². The molecule has 4 nitrogen and oxygen atoms in total. The Morgan fingerprint density at radius 2 is 1.90 bits per heavy atom. The molecule has 0 bridgehead atoms. The number of carbonyl (C=O) groups excluding carboxylic acids is 1. The van der Waals surface area contributed by atoms with Crippen LogP contribution < -0.4 is 11.1 Å². The topological polar surface area (TPSA) is 78.9 Å². The molecule has 0 aromatic heterocycles. The number of hydrogen-bond donors (Lipinski definition) is 2. The first-order valence-corrected chi connectivity index (χ1v) is 7.18. The monoisotopic (exact) mass is 271 g/mol. The molecule has 1 aromatic rings. The van der Waals surface area contributed by atoms with Crippen LogP contribution in [0.4, 0.5) is 0 Å². The van der Waals surface area contributed by atoms with Gasteiger partial charge in [-0.1, -0.05) is 31.4 Å². The average molecular weight is 271 g/mol. The predicted molar refractivity (Wildman–Crippen MR) is 77.6 cm³/mol. The number of benzene rings is 1. The molecule has 1 saturated carbocycles. The Morgan fingerprint density at radius 3 is 2.45 bits per heavy atom. The van der Waals surface area contributed by atoms with Crippen LogP contribution in [-0.2, 0) is 11.3 Å². The van der Waals surface area contributed by atoms with Crippen LogP contribution in [0.1, 0.15) is 43.2 Å². The molecule has 20 heavy (non-hydrogen) atoms. The lowest BCUT2D eigenvalue weighted by atomic mass is 9.73. The maximum absolute atomic E-state index is 12.4. The molecule has 1 fully saturated rings. The lowest BCUT2D eigenvalue weighted by molar-refractivity contribution is -0.132. The highest BCUT2D eigenvalue weighted by Crippen LogP contribution is 2.35. The Bertz CT molecular complexity index is 495. The normalized spacial score (nSPS) is 17.2. The lowest BCUT2D eigenvalue weighted by Gasteiger charge is -2.34. The summed E-state index contributed by atoms with van der Waals surface area (Å²) in [6, 6.07) is 9.35. The third-order valence-electron chi connectivity index (χ3n) is 4.22. The number of nitrogens with zero attached hydrogens (tertiary/aromatic N) is 1. The fourth-order valence-electron chi connectivity index (χ4n) is 2.82. The molecule has 1 aliphatic carbocycles. The van der Waals surface area contributed by atoms with Crippen molar-refractivity contribution in [1.82, 2.24) is 5.32 Å². The fraction of sp³-hybridized carbons (Fsp3) is 0.500. The molecular weight excluding hydrogens is 250 g/mol. The van der Waals surface area contributed by atoms with E-state index < -0.39 is 0 Å². The van der Waals surface area contributed by atoms with Crippen LogP contribution in [0.25, 0.3) is 0 Å². The molecule has 0 saturated heterocycles. The molecule has 0 radical (unpaired) electrons.